The van der Waals surface area contributed by atoms with E-state index in [1.54, 1.807) is 45.9 Å². The zero-order valence-electron chi connectivity index (χ0n) is 29.5. The van der Waals surface area contributed by atoms with Gasteiger partial charge in [0.1, 0.15) is 17.6 Å². The predicted molar refractivity (Wildman–Crippen MR) is 194 cm³/mol. The fourth-order valence-corrected chi connectivity index (χ4v) is 7.04. The van der Waals surface area contributed by atoms with Crippen molar-refractivity contribution in [2.24, 2.45) is 11.8 Å². The van der Waals surface area contributed by atoms with E-state index in [1.165, 1.54) is 53.4 Å². The first-order valence-corrected chi connectivity index (χ1v) is 18.8. The summed E-state index contributed by atoms with van der Waals surface area (Å²) in [6.07, 6.45) is 0.873. The average Bonchev–Trinajstić information content (AvgIpc) is 3.80. The molecule has 0 radical (unpaired) electrons. The highest BCUT2D eigenvalue weighted by Crippen LogP contribution is 2.24. The molecule has 53 heavy (non-hydrogen) atoms. The van der Waals surface area contributed by atoms with E-state index in [0.717, 1.165) is 0 Å². The van der Waals surface area contributed by atoms with E-state index < -0.39 is 57.6 Å². The summed E-state index contributed by atoms with van der Waals surface area (Å²) in [5.74, 6) is -3.98. The van der Waals surface area contributed by atoms with Gasteiger partial charge in [-0.15, -0.1) is 0 Å². The van der Waals surface area contributed by atoms with Crippen molar-refractivity contribution >= 4 is 62.1 Å². The van der Waals surface area contributed by atoms with Crippen LogP contribution in [0.2, 0.25) is 5.02 Å². The molecular weight excluding hydrogens is 726 g/mol. The highest BCUT2D eigenvalue weighted by atomic mass is 35.5. The molecule has 1 unspecified atom stereocenters. The Hall–Kier alpha value is -5.12. The molecule has 16 heteroatoms. The number of amides is 4. The van der Waals surface area contributed by atoms with Crippen LogP contribution in [0, 0.1) is 11.8 Å². The van der Waals surface area contributed by atoms with Crippen molar-refractivity contribution in [2.75, 3.05) is 6.54 Å². The first-order valence-electron chi connectivity index (χ1n) is 17.0. The van der Waals surface area contributed by atoms with E-state index in [0.29, 0.717) is 34.5 Å². The van der Waals surface area contributed by atoms with E-state index in [1.807, 2.05) is 4.72 Å². The molecule has 3 aromatic carbocycles. The number of oxazole rings is 1. The minimum Gasteiger partial charge on any atom is -0.434 e. The van der Waals surface area contributed by atoms with Crippen molar-refractivity contribution in [3.05, 3.63) is 94.3 Å². The normalized spacial score (nSPS) is 15.7. The van der Waals surface area contributed by atoms with Gasteiger partial charge >= 0.3 is 0 Å². The van der Waals surface area contributed by atoms with Gasteiger partial charge in [-0.05, 0) is 90.9 Å². The van der Waals surface area contributed by atoms with Gasteiger partial charge in [-0.25, -0.2) is 18.1 Å². The van der Waals surface area contributed by atoms with E-state index in [2.05, 4.69) is 15.6 Å². The number of ketones is 1. The number of likely N-dealkylation sites (tertiary alicyclic amines) is 1. The van der Waals surface area contributed by atoms with Crippen LogP contribution >= 0.6 is 11.6 Å². The molecule has 14 nitrogen and oxygen atoms in total. The molecule has 0 spiro atoms. The molecular formula is C37H40ClN5O9S. The molecule has 4 amide bonds. The van der Waals surface area contributed by atoms with Gasteiger partial charge in [-0.3, -0.25) is 24.0 Å². The summed E-state index contributed by atoms with van der Waals surface area (Å²) in [7, 11) is -4.18. The van der Waals surface area contributed by atoms with Crippen LogP contribution in [0.1, 0.15) is 77.5 Å². The molecule has 2 heterocycles. The second-order valence-electron chi connectivity index (χ2n) is 13.4. The minimum atomic E-state index is -4.18. The fourth-order valence-electron chi connectivity index (χ4n) is 5.94. The monoisotopic (exact) mass is 765 g/mol. The maximum atomic E-state index is 13.9. The van der Waals surface area contributed by atoms with Crippen LogP contribution in [0.3, 0.4) is 0 Å². The van der Waals surface area contributed by atoms with Gasteiger partial charge in [0.15, 0.2) is 5.58 Å². The van der Waals surface area contributed by atoms with Crippen LogP contribution in [-0.4, -0.2) is 77.5 Å². The van der Waals surface area contributed by atoms with E-state index >= 15 is 0 Å². The Morgan fingerprint density at radius 2 is 1.51 bits per heavy atom. The number of nitrogens with one attached hydrogen (secondary N) is 3. The molecule has 4 aromatic rings. The predicted octanol–water partition coefficient (Wildman–Crippen LogP) is 3.86. The number of carbonyl (C=O) groups excluding carboxylic acids is 5. The molecule has 0 aliphatic carbocycles. The van der Waals surface area contributed by atoms with Crippen molar-refractivity contribution in [3.63, 3.8) is 0 Å². The summed E-state index contributed by atoms with van der Waals surface area (Å²) in [5.41, 5.74) is 1.44. The van der Waals surface area contributed by atoms with Crippen molar-refractivity contribution < 1.29 is 41.9 Å². The van der Waals surface area contributed by atoms with Crippen molar-refractivity contribution in [1.29, 1.82) is 0 Å². The number of rotatable bonds is 13. The lowest BCUT2D eigenvalue weighted by Crippen LogP contribution is -2.57. The molecule has 0 saturated carbocycles. The maximum Gasteiger partial charge on any atom is 0.266 e. The second-order valence-corrected chi connectivity index (χ2v) is 15.5. The van der Waals surface area contributed by atoms with Crippen LogP contribution in [0.15, 0.2) is 76.0 Å². The first-order chi connectivity index (χ1) is 25.1. The topological polar surface area (TPSA) is 205 Å². The van der Waals surface area contributed by atoms with E-state index in [4.69, 9.17) is 16.0 Å². The molecule has 5 rings (SSSR count). The molecule has 1 aliphatic rings. The number of sulfonamides is 1. The van der Waals surface area contributed by atoms with Gasteiger partial charge in [0.05, 0.1) is 17.5 Å². The summed E-state index contributed by atoms with van der Waals surface area (Å²) in [5, 5.41) is 15.3. The molecule has 1 aliphatic heterocycles. The highest BCUT2D eigenvalue weighted by Gasteiger charge is 2.40. The molecule has 1 fully saturated rings. The van der Waals surface area contributed by atoms with Crippen molar-refractivity contribution in [3.8, 4) is 0 Å². The van der Waals surface area contributed by atoms with Crippen LogP contribution in [0.5, 0.6) is 0 Å². The zero-order valence-corrected chi connectivity index (χ0v) is 31.0. The number of benzene rings is 3. The lowest BCUT2D eigenvalue weighted by molar-refractivity contribution is -0.140. The van der Waals surface area contributed by atoms with Crippen LogP contribution in [-0.2, 0) is 26.2 Å². The standard InChI is InChI=1S/C37H40ClN5O9S/c1-20(2)30(32(45)36-39-27-18-22(19-44)7-16-29(27)52-36)40-35(48)28-6-5-17-43(28)37(49)31(21(3)4)41-33(46)23-8-10-24(11-9-23)34(47)42-53(50,51)26-14-12-25(38)13-15-26/h7-16,18,20-21,28,30-31,44H,5-6,17,19H2,1-4H3,(H,40,48)(H,41,46)(H,42,47)/t28-,30?,31-/m0/s1. The summed E-state index contributed by atoms with van der Waals surface area (Å²) in [4.78, 5) is 72.7. The van der Waals surface area contributed by atoms with E-state index in [9.17, 15) is 37.5 Å². The number of hydrogen-bond donors (Lipinski definition) is 4. The van der Waals surface area contributed by atoms with Crippen LogP contribution < -0.4 is 15.4 Å². The van der Waals surface area contributed by atoms with Gasteiger partial charge in [0.2, 0.25) is 17.6 Å². The fraction of sp³-hybridized carbons (Fsp3) is 0.351. The molecule has 3 atom stereocenters. The lowest BCUT2D eigenvalue weighted by atomic mass is 9.98. The smallest absolute Gasteiger partial charge is 0.266 e. The Kier molecular flexibility index (Phi) is 12.0. The SMILES string of the molecule is CC(C)C(NC(=O)[C@@H]1CCCN1C(=O)[C@@H](NC(=O)c1ccc(C(=O)NS(=O)(=O)c2ccc(Cl)cc2)cc1)C(C)C)C(=O)c1nc2cc(CO)ccc2o1. The largest absolute Gasteiger partial charge is 0.434 e. The third kappa shape index (κ3) is 8.92. The van der Waals surface area contributed by atoms with Gasteiger partial charge in [0, 0.05) is 22.7 Å². The van der Waals surface area contributed by atoms with Crippen molar-refractivity contribution in [1.82, 2.24) is 25.2 Å². The molecule has 280 valence electrons. The summed E-state index contributed by atoms with van der Waals surface area (Å²) < 4.78 is 32.9. The second kappa shape index (κ2) is 16.3. The van der Waals surface area contributed by atoms with Gasteiger partial charge in [0.25, 0.3) is 27.7 Å². The minimum absolute atomic E-state index is 0.0217. The molecule has 0 bridgehead atoms. The summed E-state index contributed by atoms with van der Waals surface area (Å²) in [6, 6.07) is 12.5. The summed E-state index contributed by atoms with van der Waals surface area (Å²) >= 11 is 5.82. The lowest BCUT2D eigenvalue weighted by Gasteiger charge is -2.31. The Morgan fingerprint density at radius 1 is 0.887 bits per heavy atom. The Morgan fingerprint density at radius 3 is 2.11 bits per heavy atom. The van der Waals surface area contributed by atoms with Gasteiger partial charge in [-0.1, -0.05) is 45.4 Å². The van der Waals surface area contributed by atoms with Crippen molar-refractivity contribution in [2.45, 2.75) is 70.2 Å². The average molecular weight is 766 g/mol. The Balaban J connectivity index is 1.24. The number of aliphatic hydroxyl groups is 1. The Labute approximate surface area is 311 Å². The quantitative estimate of drug-likeness (QED) is 0.145. The zero-order chi connectivity index (χ0) is 38.6. The number of nitrogens with zero attached hydrogens (tertiary/aromatic N) is 2. The first kappa shape index (κ1) is 39.1. The maximum absolute atomic E-state index is 13.9. The van der Waals surface area contributed by atoms with Gasteiger partial charge < -0.3 is 25.1 Å². The molecule has 1 aromatic heterocycles. The van der Waals surface area contributed by atoms with E-state index in [-0.39, 0.29) is 46.9 Å². The number of aliphatic hydroxyl groups excluding tert-OH is 1. The Bertz CT molecular complexity index is 2130. The third-order valence-corrected chi connectivity index (χ3v) is 10.5. The number of aromatic nitrogens is 1. The molecule has 1 saturated heterocycles. The number of carbonyl (C=O) groups is 5. The summed E-state index contributed by atoms with van der Waals surface area (Å²) in [6.45, 7) is 7.08. The number of fused-ring (bicyclic) bond motifs is 1. The number of hydrogen-bond acceptors (Lipinski definition) is 10. The molecule has 4 N–H and O–H groups in total. The number of halogens is 1. The third-order valence-electron chi connectivity index (χ3n) is 8.91. The highest BCUT2D eigenvalue weighted by molar-refractivity contribution is 7.90. The number of Topliss-reactive ketones (excluding diaryl/α,β-unsaturated/α-hetero) is 1. The van der Waals surface area contributed by atoms with Gasteiger partial charge in [-0.2, -0.15) is 0 Å². The van der Waals surface area contributed by atoms with Crippen LogP contribution in [0.25, 0.3) is 11.1 Å². The van der Waals surface area contributed by atoms with Crippen LogP contribution in [0.4, 0.5) is 0 Å².